The van der Waals surface area contributed by atoms with Gasteiger partial charge in [-0.15, -0.1) is 0 Å². The number of benzene rings is 1. The van der Waals surface area contributed by atoms with Gasteiger partial charge >= 0.3 is 0 Å². The third-order valence-electron chi connectivity index (χ3n) is 2.94. The van der Waals surface area contributed by atoms with Crippen LogP contribution in [0.2, 0.25) is 0 Å². The first-order valence-corrected chi connectivity index (χ1v) is 7.72. The lowest BCUT2D eigenvalue weighted by atomic mass is 10.3. The molecule has 0 atom stereocenters. The van der Waals surface area contributed by atoms with Gasteiger partial charge in [-0.3, -0.25) is 4.72 Å². The molecule has 1 heterocycles. The molecule has 114 valence electrons. The summed E-state index contributed by atoms with van der Waals surface area (Å²) >= 11 is 0. The van der Waals surface area contributed by atoms with Crippen LogP contribution in [0.15, 0.2) is 35.4 Å². The third kappa shape index (κ3) is 3.40. The number of hydrogen-bond donors (Lipinski definition) is 2. The van der Waals surface area contributed by atoms with Crippen LogP contribution in [0.3, 0.4) is 0 Å². The van der Waals surface area contributed by atoms with Gasteiger partial charge in [0.25, 0.3) is 10.0 Å². The van der Waals surface area contributed by atoms with Crippen molar-refractivity contribution in [1.29, 1.82) is 0 Å². The predicted octanol–water partition coefficient (Wildman–Crippen LogP) is 2.05. The van der Waals surface area contributed by atoms with Crippen molar-refractivity contribution in [3.63, 3.8) is 0 Å². The molecule has 0 saturated carbocycles. The maximum Gasteiger partial charge on any atom is 0.263 e. The lowest BCUT2D eigenvalue weighted by Crippen LogP contribution is -2.12. The normalized spacial score (nSPS) is 11.6. The largest absolute Gasteiger partial charge is 0.349 e. The number of nitrogens with zero attached hydrogens (tertiary/aromatic N) is 1. The Bertz CT molecular complexity index is 715. The van der Waals surface area contributed by atoms with Crippen LogP contribution in [0.5, 0.6) is 0 Å². The first-order valence-electron chi connectivity index (χ1n) is 6.23. The summed E-state index contributed by atoms with van der Waals surface area (Å²) in [7, 11) is -3.93. The molecule has 21 heavy (non-hydrogen) atoms. The van der Waals surface area contributed by atoms with Crippen molar-refractivity contribution in [2.45, 2.75) is 24.9 Å². The maximum absolute atomic E-state index is 13.1. The molecule has 2 rings (SSSR count). The van der Waals surface area contributed by atoms with Gasteiger partial charge in [-0.05, 0) is 25.1 Å². The highest BCUT2D eigenvalue weighted by molar-refractivity contribution is 7.92. The van der Waals surface area contributed by atoms with E-state index in [2.05, 4.69) is 4.72 Å². The number of rotatable bonds is 5. The number of aryl methyl sites for hydroxylation is 1. The number of anilines is 1. The van der Waals surface area contributed by atoms with Gasteiger partial charge in [-0.25, -0.2) is 17.2 Å². The highest BCUT2D eigenvalue weighted by atomic mass is 32.2. The molecule has 0 aliphatic heterocycles. The number of hydrogen-bond acceptors (Lipinski definition) is 3. The van der Waals surface area contributed by atoms with Gasteiger partial charge in [-0.1, -0.05) is 0 Å². The number of sulfonamides is 1. The summed E-state index contributed by atoms with van der Waals surface area (Å²) in [4.78, 5) is -0.00512. The van der Waals surface area contributed by atoms with Crippen molar-refractivity contribution in [1.82, 2.24) is 4.57 Å². The average Bonchev–Trinajstić information content (AvgIpc) is 2.80. The van der Waals surface area contributed by atoms with Crippen LogP contribution in [-0.2, 0) is 23.1 Å². The van der Waals surface area contributed by atoms with Crippen molar-refractivity contribution in [3.05, 3.63) is 47.8 Å². The van der Waals surface area contributed by atoms with Crippen LogP contribution >= 0.6 is 0 Å². The number of aromatic nitrogens is 1. The molecule has 8 heteroatoms. The molecule has 0 amide bonds. The fraction of sp³-hybridized carbons (Fsp3) is 0.231. The highest BCUT2D eigenvalue weighted by Crippen LogP contribution is 2.20. The summed E-state index contributed by atoms with van der Waals surface area (Å²) in [6, 6.07) is 3.90. The van der Waals surface area contributed by atoms with Gasteiger partial charge in [0, 0.05) is 31.0 Å². The van der Waals surface area contributed by atoms with Crippen molar-refractivity contribution in [3.8, 4) is 0 Å². The highest BCUT2D eigenvalue weighted by Gasteiger charge is 2.18. The third-order valence-corrected chi connectivity index (χ3v) is 4.28. The Morgan fingerprint density at radius 1 is 1.19 bits per heavy atom. The van der Waals surface area contributed by atoms with E-state index in [9.17, 15) is 17.2 Å². The molecule has 0 aliphatic carbocycles. The topological polar surface area (TPSA) is 77.1 Å². The Balaban J connectivity index is 2.35. The molecule has 0 radical (unpaired) electrons. The maximum atomic E-state index is 13.1. The molecule has 5 nitrogen and oxygen atoms in total. The zero-order valence-corrected chi connectivity index (χ0v) is 12.1. The van der Waals surface area contributed by atoms with Crippen molar-refractivity contribution >= 4 is 15.7 Å². The van der Waals surface area contributed by atoms with Crippen LogP contribution in [-0.4, -0.2) is 13.0 Å². The molecule has 2 aromatic rings. The van der Waals surface area contributed by atoms with E-state index in [1.807, 2.05) is 6.92 Å². The quantitative estimate of drug-likeness (QED) is 0.886. The van der Waals surface area contributed by atoms with Gasteiger partial charge in [0.15, 0.2) is 0 Å². The fourth-order valence-corrected chi connectivity index (χ4v) is 3.07. The van der Waals surface area contributed by atoms with Crippen LogP contribution in [0.25, 0.3) is 0 Å². The van der Waals surface area contributed by atoms with E-state index in [0.717, 1.165) is 12.1 Å². The van der Waals surface area contributed by atoms with E-state index in [1.54, 1.807) is 4.57 Å². The summed E-state index contributed by atoms with van der Waals surface area (Å²) in [5, 5.41) is 0. The lowest BCUT2D eigenvalue weighted by molar-refractivity contribution is 0.584. The van der Waals surface area contributed by atoms with Crippen LogP contribution in [0.1, 0.15) is 12.6 Å². The fourth-order valence-electron chi connectivity index (χ4n) is 1.97. The molecule has 0 spiro atoms. The second kappa shape index (κ2) is 5.82. The Labute approximate surface area is 121 Å². The Kier molecular flexibility index (Phi) is 4.29. The SMILES string of the molecule is CCn1cc(S(=O)(=O)Nc2cc(F)cc(F)c2)cc1CN. The summed E-state index contributed by atoms with van der Waals surface area (Å²) in [5.41, 5.74) is 6.02. The first kappa shape index (κ1) is 15.5. The summed E-state index contributed by atoms with van der Waals surface area (Å²) in [5.74, 6) is -1.72. The standard InChI is InChI=1S/C13H15F2N3O2S/c1-2-18-8-13(6-12(18)7-16)21(19,20)17-11-4-9(14)3-10(15)5-11/h3-6,8,17H,2,7,16H2,1H3. The predicted molar refractivity (Wildman–Crippen MR) is 75.2 cm³/mol. The number of nitrogens with two attached hydrogens (primary N) is 1. The Hall–Kier alpha value is -1.93. The average molecular weight is 315 g/mol. The summed E-state index contributed by atoms with van der Waals surface area (Å²) in [6.45, 7) is 2.61. The minimum absolute atomic E-state index is 0.00512. The molecule has 0 aliphatic rings. The van der Waals surface area contributed by atoms with Crippen molar-refractivity contribution in [2.24, 2.45) is 5.73 Å². The molecule has 3 N–H and O–H groups in total. The molecule has 1 aromatic carbocycles. The molecule has 1 aromatic heterocycles. The summed E-state index contributed by atoms with van der Waals surface area (Å²) < 4.78 is 54.4. The van der Waals surface area contributed by atoms with Crippen LogP contribution < -0.4 is 10.5 Å². The van der Waals surface area contributed by atoms with E-state index in [4.69, 9.17) is 5.73 Å². The number of nitrogens with one attached hydrogen (secondary N) is 1. The number of halogens is 2. The monoisotopic (exact) mass is 315 g/mol. The molecular formula is C13H15F2N3O2S. The Morgan fingerprint density at radius 2 is 1.81 bits per heavy atom. The van der Waals surface area contributed by atoms with Crippen LogP contribution in [0, 0.1) is 11.6 Å². The molecular weight excluding hydrogens is 300 g/mol. The zero-order chi connectivity index (χ0) is 15.6. The summed E-state index contributed by atoms with van der Waals surface area (Å²) in [6.07, 6.45) is 1.43. The van der Waals surface area contributed by atoms with Gasteiger partial charge in [-0.2, -0.15) is 0 Å². The minimum Gasteiger partial charge on any atom is -0.349 e. The van der Waals surface area contributed by atoms with Gasteiger partial charge in [0.1, 0.15) is 16.5 Å². The van der Waals surface area contributed by atoms with Gasteiger partial charge in [0.2, 0.25) is 0 Å². The van der Waals surface area contributed by atoms with E-state index < -0.39 is 21.7 Å². The minimum atomic E-state index is -3.93. The lowest BCUT2D eigenvalue weighted by Gasteiger charge is -2.06. The van der Waals surface area contributed by atoms with E-state index in [-0.39, 0.29) is 17.1 Å². The van der Waals surface area contributed by atoms with Gasteiger partial charge in [0.05, 0.1) is 5.69 Å². The van der Waals surface area contributed by atoms with Crippen LogP contribution in [0.4, 0.5) is 14.5 Å². The molecule has 0 unspecified atom stereocenters. The van der Waals surface area contributed by atoms with E-state index in [1.165, 1.54) is 12.3 Å². The molecule has 0 fully saturated rings. The van der Waals surface area contributed by atoms with E-state index >= 15 is 0 Å². The van der Waals surface area contributed by atoms with Gasteiger partial charge < -0.3 is 10.3 Å². The van der Waals surface area contributed by atoms with Crippen molar-refractivity contribution < 1.29 is 17.2 Å². The van der Waals surface area contributed by atoms with E-state index in [0.29, 0.717) is 18.3 Å². The molecule has 0 saturated heterocycles. The second-order valence-electron chi connectivity index (χ2n) is 4.42. The first-order chi connectivity index (χ1) is 9.85. The van der Waals surface area contributed by atoms with Crippen molar-refractivity contribution in [2.75, 3.05) is 4.72 Å². The second-order valence-corrected chi connectivity index (χ2v) is 6.10. The zero-order valence-electron chi connectivity index (χ0n) is 11.3. The Morgan fingerprint density at radius 3 is 2.29 bits per heavy atom. The molecule has 0 bridgehead atoms. The smallest absolute Gasteiger partial charge is 0.263 e.